The molecule has 0 spiro atoms. The fourth-order valence-electron chi connectivity index (χ4n) is 3.19. The number of rotatable bonds is 8. The number of carbonyl (C=O) groups excluding carboxylic acids is 1. The molecule has 146 valence electrons. The summed E-state index contributed by atoms with van der Waals surface area (Å²) in [5.74, 6) is 1.21. The molecule has 1 atom stereocenters. The van der Waals surface area contributed by atoms with Crippen LogP contribution in [0.25, 0.3) is 0 Å². The molecule has 0 bridgehead atoms. The molecule has 0 aliphatic carbocycles. The largest absolute Gasteiger partial charge is 0.445 e. The zero-order valence-electron chi connectivity index (χ0n) is 15.5. The van der Waals surface area contributed by atoms with Crippen LogP contribution in [0.15, 0.2) is 34.9 Å². The number of piperidine rings is 1. The first kappa shape index (κ1) is 19.5. The zero-order chi connectivity index (χ0) is 19.1. The first-order valence-corrected chi connectivity index (χ1v) is 9.19. The predicted molar refractivity (Wildman–Crippen MR) is 97.0 cm³/mol. The van der Waals surface area contributed by atoms with Crippen LogP contribution in [0.2, 0.25) is 0 Å². The van der Waals surface area contributed by atoms with Crippen molar-refractivity contribution in [1.29, 1.82) is 0 Å². The van der Waals surface area contributed by atoms with Crippen LogP contribution >= 0.6 is 0 Å². The van der Waals surface area contributed by atoms with Gasteiger partial charge in [-0.25, -0.2) is 9.37 Å². The van der Waals surface area contributed by atoms with Crippen molar-refractivity contribution in [2.45, 2.75) is 25.2 Å². The summed E-state index contributed by atoms with van der Waals surface area (Å²) in [5.41, 5.74) is 0.966. The number of likely N-dealkylation sites (tertiary alicyclic amines) is 1. The van der Waals surface area contributed by atoms with E-state index in [0.717, 1.165) is 30.7 Å². The van der Waals surface area contributed by atoms with Gasteiger partial charge in [-0.1, -0.05) is 12.1 Å². The number of hydrogen-bond donors (Lipinski definition) is 0. The maximum Gasteiger partial charge on any atom is 0.248 e. The van der Waals surface area contributed by atoms with Gasteiger partial charge in [0.15, 0.2) is 5.89 Å². The van der Waals surface area contributed by atoms with Gasteiger partial charge in [0, 0.05) is 26.6 Å². The van der Waals surface area contributed by atoms with Crippen molar-refractivity contribution in [1.82, 2.24) is 9.88 Å². The van der Waals surface area contributed by atoms with E-state index < -0.39 is 0 Å². The SMILES string of the molecule is COCCOCC(=O)N1CCC[C@@H](c2ncc(Cc3ccc(F)cc3)o2)C1. The Morgan fingerprint density at radius 3 is 2.93 bits per heavy atom. The van der Waals surface area contributed by atoms with E-state index in [9.17, 15) is 9.18 Å². The van der Waals surface area contributed by atoms with Crippen molar-refractivity contribution in [3.05, 3.63) is 53.5 Å². The Bertz CT molecular complexity index is 732. The minimum atomic E-state index is -0.254. The first-order chi connectivity index (χ1) is 13.2. The van der Waals surface area contributed by atoms with Gasteiger partial charge >= 0.3 is 0 Å². The molecule has 2 heterocycles. The minimum absolute atomic E-state index is 0.0195. The third-order valence-electron chi connectivity index (χ3n) is 4.64. The van der Waals surface area contributed by atoms with Crippen LogP contribution in [0, 0.1) is 5.82 Å². The smallest absolute Gasteiger partial charge is 0.248 e. The van der Waals surface area contributed by atoms with Crippen molar-refractivity contribution < 1.29 is 23.1 Å². The van der Waals surface area contributed by atoms with Crippen molar-refractivity contribution in [2.75, 3.05) is 40.0 Å². The Hall–Kier alpha value is -2.25. The van der Waals surface area contributed by atoms with Gasteiger partial charge in [0.2, 0.25) is 5.91 Å². The van der Waals surface area contributed by atoms with Crippen LogP contribution in [-0.2, 0) is 20.7 Å². The lowest BCUT2D eigenvalue weighted by Gasteiger charge is -2.31. The molecule has 0 radical (unpaired) electrons. The standard InChI is InChI=1S/C20H25FN2O4/c1-25-9-10-26-14-19(24)23-8-2-3-16(13-23)20-22-12-18(27-20)11-15-4-6-17(21)7-5-15/h4-7,12,16H,2-3,8-11,13-14H2,1H3/t16-/m1/s1. The van der Waals surface area contributed by atoms with E-state index >= 15 is 0 Å². The lowest BCUT2D eigenvalue weighted by atomic mass is 9.98. The highest BCUT2D eigenvalue weighted by Crippen LogP contribution is 2.27. The van der Waals surface area contributed by atoms with Gasteiger partial charge in [0.25, 0.3) is 0 Å². The summed E-state index contributed by atoms with van der Waals surface area (Å²) < 4.78 is 29.1. The number of methoxy groups -OCH3 is 1. The molecule has 1 fully saturated rings. The van der Waals surface area contributed by atoms with Crippen molar-refractivity contribution >= 4 is 5.91 Å². The van der Waals surface area contributed by atoms with Crippen LogP contribution in [0.4, 0.5) is 4.39 Å². The number of benzene rings is 1. The molecule has 7 heteroatoms. The molecule has 1 aromatic heterocycles. The molecule has 0 unspecified atom stereocenters. The Kier molecular flexibility index (Phi) is 6.95. The maximum absolute atomic E-state index is 13.0. The summed E-state index contributed by atoms with van der Waals surface area (Å²) >= 11 is 0. The quantitative estimate of drug-likeness (QED) is 0.663. The highest BCUT2D eigenvalue weighted by atomic mass is 19.1. The molecule has 2 aromatic rings. The Morgan fingerprint density at radius 1 is 1.33 bits per heavy atom. The van der Waals surface area contributed by atoms with E-state index in [-0.39, 0.29) is 24.2 Å². The molecular formula is C20H25FN2O4. The summed E-state index contributed by atoms with van der Waals surface area (Å²) in [6.45, 7) is 2.27. The lowest BCUT2D eigenvalue weighted by molar-refractivity contribution is -0.137. The van der Waals surface area contributed by atoms with Crippen molar-refractivity contribution in [3.63, 3.8) is 0 Å². The molecular weight excluding hydrogens is 351 g/mol. The third kappa shape index (κ3) is 5.61. The minimum Gasteiger partial charge on any atom is -0.445 e. The van der Waals surface area contributed by atoms with Gasteiger partial charge < -0.3 is 18.8 Å². The average Bonchev–Trinajstić information content (AvgIpc) is 3.15. The number of carbonyl (C=O) groups is 1. The zero-order valence-corrected chi connectivity index (χ0v) is 15.5. The van der Waals surface area contributed by atoms with Gasteiger partial charge in [-0.05, 0) is 30.5 Å². The Labute approximate surface area is 158 Å². The summed E-state index contributed by atoms with van der Waals surface area (Å²) in [5, 5.41) is 0. The Morgan fingerprint density at radius 2 is 2.15 bits per heavy atom. The van der Waals surface area contributed by atoms with Crippen LogP contribution in [0.5, 0.6) is 0 Å². The van der Waals surface area contributed by atoms with Gasteiger partial charge in [0.1, 0.15) is 18.2 Å². The molecule has 1 aliphatic heterocycles. The van der Waals surface area contributed by atoms with Crippen LogP contribution in [-0.4, -0.2) is 55.8 Å². The van der Waals surface area contributed by atoms with E-state index in [1.54, 1.807) is 25.4 Å². The highest BCUT2D eigenvalue weighted by Gasteiger charge is 2.27. The lowest BCUT2D eigenvalue weighted by Crippen LogP contribution is -2.41. The van der Waals surface area contributed by atoms with E-state index in [1.807, 2.05) is 4.90 Å². The topological polar surface area (TPSA) is 64.8 Å². The third-order valence-corrected chi connectivity index (χ3v) is 4.64. The van der Waals surface area contributed by atoms with E-state index in [4.69, 9.17) is 13.9 Å². The fraction of sp³-hybridized carbons (Fsp3) is 0.500. The molecule has 0 saturated carbocycles. The second-order valence-electron chi connectivity index (χ2n) is 6.69. The normalized spacial score (nSPS) is 17.3. The van der Waals surface area contributed by atoms with Gasteiger partial charge in [-0.2, -0.15) is 0 Å². The number of nitrogens with zero attached hydrogens (tertiary/aromatic N) is 2. The fourth-order valence-corrected chi connectivity index (χ4v) is 3.19. The molecule has 1 saturated heterocycles. The summed E-state index contributed by atoms with van der Waals surface area (Å²) in [4.78, 5) is 18.5. The van der Waals surface area contributed by atoms with E-state index in [1.165, 1.54) is 12.1 Å². The first-order valence-electron chi connectivity index (χ1n) is 9.19. The van der Waals surface area contributed by atoms with Gasteiger partial charge in [0.05, 0.1) is 25.3 Å². The summed E-state index contributed by atoms with van der Waals surface area (Å²) in [6, 6.07) is 6.35. The molecule has 1 aromatic carbocycles. The second-order valence-corrected chi connectivity index (χ2v) is 6.69. The number of oxazole rings is 1. The summed E-state index contributed by atoms with van der Waals surface area (Å²) in [7, 11) is 1.60. The van der Waals surface area contributed by atoms with Crippen LogP contribution < -0.4 is 0 Å². The predicted octanol–water partition coefficient (Wildman–Crippen LogP) is 2.77. The monoisotopic (exact) mass is 376 g/mol. The molecule has 0 N–H and O–H groups in total. The average molecular weight is 376 g/mol. The molecule has 3 rings (SSSR count). The van der Waals surface area contributed by atoms with Crippen LogP contribution in [0.1, 0.15) is 36.0 Å². The Balaban J connectivity index is 1.54. The number of aromatic nitrogens is 1. The number of amides is 1. The van der Waals surface area contributed by atoms with Crippen molar-refractivity contribution in [2.24, 2.45) is 0 Å². The highest BCUT2D eigenvalue weighted by molar-refractivity contribution is 5.77. The molecule has 1 aliphatic rings. The summed E-state index contributed by atoms with van der Waals surface area (Å²) in [6.07, 6.45) is 4.12. The van der Waals surface area contributed by atoms with Gasteiger partial charge in [-0.15, -0.1) is 0 Å². The number of hydrogen-bond acceptors (Lipinski definition) is 5. The van der Waals surface area contributed by atoms with Crippen LogP contribution in [0.3, 0.4) is 0 Å². The van der Waals surface area contributed by atoms with Gasteiger partial charge in [-0.3, -0.25) is 4.79 Å². The molecule has 6 nitrogen and oxygen atoms in total. The van der Waals surface area contributed by atoms with E-state index in [0.29, 0.717) is 32.1 Å². The molecule has 1 amide bonds. The van der Waals surface area contributed by atoms with E-state index in [2.05, 4.69) is 4.98 Å². The second kappa shape index (κ2) is 9.62. The molecule has 27 heavy (non-hydrogen) atoms. The number of ether oxygens (including phenoxy) is 2. The maximum atomic E-state index is 13.0. The number of halogens is 1. The van der Waals surface area contributed by atoms with Crippen molar-refractivity contribution in [3.8, 4) is 0 Å².